The molecule has 88 valence electrons. The Morgan fingerprint density at radius 1 is 1.06 bits per heavy atom. The quantitative estimate of drug-likeness (QED) is 0.773. The van der Waals surface area contributed by atoms with Gasteiger partial charge in [-0.05, 0) is 35.4 Å². The highest BCUT2D eigenvalue weighted by atomic mass is 35.5. The number of halogens is 4. The Hall–Kier alpha value is -1.55. The first kappa shape index (κ1) is 11.9. The van der Waals surface area contributed by atoms with Crippen LogP contribution in [-0.4, -0.2) is 4.98 Å². The lowest BCUT2D eigenvalue weighted by molar-refractivity contribution is 0.146. The van der Waals surface area contributed by atoms with E-state index in [2.05, 4.69) is 4.98 Å². The molecule has 0 aliphatic carbocycles. The fourth-order valence-corrected chi connectivity index (χ4v) is 1.54. The summed E-state index contributed by atoms with van der Waals surface area (Å²) >= 11 is 5.54. The van der Waals surface area contributed by atoms with Gasteiger partial charge < -0.3 is 0 Å². The number of pyridine rings is 1. The Morgan fingerprint density at radius 3 is 2.41 bits per heavy atom. The fourth-order valence-electron chi connectivity index (χ4n) is 1.42. The zero-order valence-corrected chi connectivity index (χ0v) is 9.26. The van der Waals surface area contributed by atoms with Crippen LogP contribution in [0.3, 0.4) is 0 Å². The van der Waals surface area contributed by atoms with Gasteiger partial charge in [-0.1, -0.05) is 17.7 Å². The third-order valence-corrected chi connectivity index (χ3v) is 2.56. The van der Waals surface area contributed by atoms with Crippen LogP contribution in [0.5, 0.6) is 0 Å². The van der Waals surface area contributed by atoms with Gasteiger partial charge in [0.15, 0.2) is 0 Å². The second-order valence-corrected chi connectivity index (χ2v) is 3.81. The lowest BCUT2D eigenvalue weighted by Crippen LogP contribution is -1.90. The molecule has 0 amide bonds. The summed E-state index contributed by atoms with van der Waals surface area (Å²) in [6.07, 6.45) is -1.38. The predicted molar refractivity (Wildman–Crippen MR) is 59.6 cm³/mol. The molecule has 1 heterocycles. The second kappa shape index (κ2) is 4.75. The molecule has 0 radical (unpaired) electrons. The maximum absolute atomic E-state index is 13.2. The molecular weight excluding hydrogens is 251 g/mol. The van der Waals surface area contributed by atoms with Crippen molar-refractivity contribution in [1.29, 1.82) is 0 Å². The van der Waals surface area contributed by atoms with E-state index in [-0.39, 0.29) is 10.7 Å². The van der Waals surface area contributed by atoms with Crippen molar-refractivity contribution in [2.24, 2.45) is 0 Å². The van der Waals surface area contributed by atoms with E-state index in [9.17, 15) is 13.2 Å². The summed E-state index contributed by atoms with van der Waals surface area (Å²) in [6.45, 7) is 0. The number of rotatable bonds is 2. The summed E-state index contributed by atoms with van der Waals surface area (Å²) in [7, 11) is 0. The minimum absolute atomic E-state index is 0.00288. The van der Waals surface area contributed by atoms with Crippen LogP contribution in [0, 0.1) is 5.82 Å². The van der Waals surface area contributed by atoms with Gasteiger partial charge in [0.05, 0.1) is 5.02 Å². The van der Waals surface area contributed by atoms with Gasteiger partial charge in [-0.2, -0.15) is 0 Å². The number of hydrogen-bond acceptors (Lipinski definition) is 1. The van der Waals surface area contributed by atoms with Crippen molar-refractivity contribution in [3.63, 3.8) is 0 Å². The highest BCUT2D eigenvalue weighted by molar-refractivity contribution is 6.30. The smallest absolute Gasteiger partial charge is 0.255 e. The summed E-state index contributed by atoms with van der Waals surface area (Å²) in [5.74, 6) is -0.584. The number of hydrogen-bond donors (Lipinski definition) is 0. The first-order valence-electron chi connectivity index (χ1n) is 4.77. The molecule has 0 fully saturated rings. The molecular formula is C12H7ClF3N. The Morgan fingerprint density at radius 2 is 1.76 bits per heavy atom. The van der Waals surface area contributed by atoms with E-state index in [0.29, 0.717) is 11.1 Å². The van der Waals surface area contributed by atoms with Gasteiger partial charge in [0, 0.05) is 6.20 Å². The van der Waals surface area contributed by atoms with E-state index < -0.39 is 12.2 Å². The van der Waals surface area contributed by atoms with E-state index in [0.717, 1.165) is 0 Å². The molecule has 0 aliphatic rings. The van der Waals surface area contributed by atoms with Crippen LogP contribution in [0.4, 0.5) is 13.2 Å². The zero-order chi connectivity index (χ0) is 12.4. The summed E-state index contributed by atoms with van der Waals surface area (Å²) in [6, 6.07) is 6.92. The van der Waals surface area contributed by atoms with Crippen molar-refractivity contribution in [3.8, 4) is 11.1 Å². The first-order valence-corrected chi connectivity index (χ1v) is 5.15. The summed E-state index contributed by atoms with van der Waals surface area (Å²) in [5.41, 5.74) is 0.625. The fraction of sp³-hybridized carbons (Fsp3) is 0.0833. The number of nitrogens with zero attached hydrogens (tertiary/aromatic N) is 1. The average molecular weight is 258 g/mol. The molecule has 2 aromatic rings. The van der Waals surface area contributed by atoms with E-state index >= 15 is 0 Å². The van der Waals surface area contributed by atoms with Crippen molar-refractivity contribution >= 4 is 11.6 Å². The Balaban J connectivity index is 2.45. The van der Waals surface area contributed by atoms with Crippen molar-refractivity contribution in [1.82, 2.24) is 4.98 Å². The molecule has 0 N–H and O–H groups in total. The van der Waals surface area contributed by atoms with Crippen LogP contribution in [0.1, 0.15) is 12.1 Å². The predicted octanol–water partition coefficient (Wildman–Crippen LogP) is 4.48. The average Bonchev–Trinajstić information content (AvgIpc) is 2.33. The van der Waals surface area contributed by atoms with Crippen molar-refractivity contribution in [3.05, 3.63) is 53.1 Å². The Labute approximate surface area is 101 Å². The maximum Gasteiger partial charge on any atom is 0.280 e. The summed E-state index contributed by atoms with van der Waals surface area (Å²) in [4.78, 5) is 3.53. The Bertz CT molecular complexity index is 543. The van der Waals surface area contributed by atoms with Crippen LogP contribution in [-0.2, 0) is 0 Å². The van der Waals surface area contributed by atoms with Gasteiger partial charge in [0.25, 0.3) is 6.43 Å². The molecule has 0 saturated carbocycles. The topological polar surface area (TPSA) is 12.9 Å². The molecule has 0 saturated heterocycles. The van der Waals surface area contributed by atoms with Gasteiger partial charge in [-0.25, -0.2) is 13.2 Å². The third-order valence-electron chi connectivity index (χ3n) is 2.26. The van der Waals surface area contributed by atoms with Gasteiger partial charge in [-0.15, -0.1) is 0 Å². The van der Waals surface area contributed by atoms with Crippen molar-refractivity contribution in [2.45, 2.75) is 6.43 Å². The molecule has 0 unspecified atom stereocenters. The molecule has 2 rings (SSSR count). The Kier molecular flexibility index (Phi) is 3.33. The van der Waals surface area contributed by atoms with Crippen LogP contribution in [0.15, 0.2) is 36.5 Å². The lowest BCUT2D eigenvalue weighted by Gasteiger charge is -2.05. The summed E-state index contributed by atoms with van der Waals surface area (Å²) < 4.78 is 38.1. The molecule has 1 nitrogen and oxygen atoms in total. The monoisotopic (exact) mass is 257 g/mol. The molecule has 17 heavy (non-hydrogen) atoms. The minimum Gasteiger partial charge on any atom is -0.255 e. The molecule has 0 aliphatic heterocycles. The number of alkyl halides is 2. The molecule has 1 aromatic carbocycles. The SMILES string of the molecule is Fc1cc(-c2ccnc(C(F)F)c2)ccc1Cl. The maximum atomic E-state index is 13.2. The van der Waals surface area contributed by atoms with E-state index in [1.807, 2.05) is 0 Å². The number of benzene rings is 1. The van der Waals surface area contributed by atoms with Crippen LogP contribution >= 0.6 is 11.6 Å². The second-order valence-electron chi connectivity index (χ2n) is 3.40. The first-order chi connectivity index (χ1) is 8.08. The zero-order valence-electron chi connectivity index (χ0n) is 8.50. The van der Waals surface area contributed by atoms with Crippen LogP contribution < -0.4 is 0 Å². The van der Waals surface area contributed by atoms with Gasteiger partial charge >= 0.3 is 0 Å². The standard InChI is InChI=1S/C12H7ClF3N/c13-9-2-1-7(5-10(9)14)8-3-4-17-11(6-8)12(15)16/h1-6,12H. The third kappa shape index (κ3) is 2.58. The molecule has 0 spiro atoms. The normalized spacial score (nSPS) is 10.9. The summed E-state index contributed by atoms with van der Waals surface area (Å²) in [5, 5.41) is -0.00288. The van der Waals surface area contributed by atoms with E-state index in [4.69, 9.17) is 11.6 Å². The number of aromatic nitrogens is 1. The highest BCUT2D eigenvalue weighted by Gasteiger charge is 2.10. The van der Waals surface area contributed by atoms with Crippen LogP contribution in [0.2, 0.25) is 5.02 Å². The highest BCUT2D eigenvalue weighted by Crippen LogP contribution is 2.26. The molecule has 0 atom stereocenters. The van der Waals surface area contributed by atoms with Crippen LogP contribution in [0.25, 0.3) is 11.1 Å². The van der Waals surface area contributed by atoms with E-state index in [1.165, 1.54) is 30.5 Å². The molecule has 5 heteroatoms. The largest absolute Gasteiger partial charge is 0.280 e. The van der Waals surface area contributed by atoms with Crippen molar-refractivity contribution < 1.29 is 13.2 Å². The van der Waals surface area contributed by atoms with E-state index in [1.54, 1.807) is 6.07 Å². The lowest BCUT2D eigenvalue weighted by atomic mass is 10.1. The molecule has 0 bridgehead atoms. The molecule has 1 aromatic heterocycles. The van der Waals surface area contributed by atoms with Gasteiger partial charge in [0.2, 0.25) is 0 Å². The van der Waals surface area contributed by atoms with Gasteiger partial charge in [0.1, 0.15) is 11.5 Å². The van der Waals surface area contributed by atoms with Crippen molar-refractivity contribution in [2.75, 3.05) is 0 Å². The van der Waals surface area contributed by atoms with Gasteiger partial charge in [-0.3, -0.25) is 4.98 Å². The minimum atomic E-state index is -2.65.